The van der Waals surface area contributed by atoms with E-state index in [1.54, 1.807) is 11.2 Å². The first-order chi connectivity index (χ1) is 12.6. The summed E-state index contributed by atoms with van der Waals surface area (Å²) in [6.07, 6.45) is 0.858. The number of cyclic esters (lactones) is 1. The van der Waals surface area contributed by atoms with E-state index in [1.807, 2.05) is 28.9 Å². The Bertz CT molecular complexity index is 818. The molecule has 1 fully saturated rings. The van der Waals surface area contributed by atoms with Gasteiger partial charge in [0.05, 0.1) is 26.2 Å². The van der Waals surface area contributed by atoms with Crippen LogP contribution in [0.4, 0.5) is 16.2 Å². The average Bonchev–Trinajstić information content (AvgIpc) is 3.25. The molecule has 4 rings (SSSR count). The predicted molar refractivity (Wildman–Crippen MR) is 93.8 cm³/mol. The molecule has 3 heterocycles. The van der Waals surface area contributed by atoms with Gasteiger partial charge in [-0.25, -0.2) is 14.5 Å². The summed E-state index contributed by atoms with van der Waals surface area (Å²) in [6, 6.07) is 7.82. The van der Waals surface area contributed by atoms with Gasteiger partial charge in [0.25, 0.3) is 0 Å². The number of rotatable bonds is 4. The molecule has 0 saturated carbocycles. The van der Waals surface area contributed by atoms with E-state index < -0.39 is 0 Å². The van der Waals surface area contributed by atoms with Gasteiger partial charge in [-0.2, -0.15) is 5.10 Å². The molecular formula is C17H20N6O3. The Kier molecular flexibility index (Phi) is 4.19. The maximum absolute atomic E-state index is 12.1. The predicted octanol–water partition coefficient (Wildman–Crippen LogP) is 0.760. The number of ether oxygens (including phenoxy) is 1. The van der Waals surface area contributed by atoms with E-state index in [1.165, 1.54) is 6.92 Å². The number of anilines is 2. The summed E-state index contributed by atoms with van der Waals surface area (Å²) in [5, 5.41) is 6.86. The van der Waals surface area contributed by atoms with Gasteiger partial charge in [-0.05, 0) is 24.3 Å². The first-order valence-electron chi connectivity index (χ1n) is 8.54. The highest BCUT2D eigenvalue weighted by molar-refractivity contribution is 5.90. The van der Waals surface area contributed by atoms with Crippen LogP contribution < -0.4 is 15.1 Å². The number of hydrogen-bond donors (Lipinski definition) is 1. The summed E-state index contributed by atoms with van der Waals surface area (Å²) in [6.45, 7) is 4.57. The molecule has 2 aliphatic rings. The van der Waals surface area contributed by atoms with E-state index in [4.69, 9.17) is 4.74 Å². The molecule has 9 nitrogen and oxygen atoms in total. The number of nitrogens with zero attached hydrogens (tertiary/aromatic N) is 5. The van der Waals surface area contributed by atoms with Crippen LogP contribution in [0.1, 0.15) is 12.7 Å². The van der Waals surface area contributed by atoms with Crippen LogP contribution in [0, 0.1) is 0 Å². The molecule has 1 unspecified atom stereocenters. The maximum atomic E-state index is 12.1. The van der Waals surface area contributed by atoms with E-state index in [0.29, 0.717) is 19.6 Å². The molecule has 2 aromatic rings. The van der Waals surface area contributed by atoms with Crippen LogP contribution in [0.2, 0.25) is 0 Å². The lowest BCUT2D eigenvalue weighted by Crippen LogP contribution is -2.34. The van der Waals surface area contributed by atoms with E-state index in [0.717, 1.165) is 30.3 Å². The van der Waals surface area contributed by atoms with Crippen molar-refractivity contribution in [3.8, 4) is 0 Å². The number of hydrogen-bond acceptors (Lipinski definition) is 6. The van der Waals surface area contributed by atoms with Gasteiger partial charge >= 0.3 is 6.09 Å². The Morgan fingerprint density at radius 3 is 2.81 bits per heavy atom. The zero-order valence-electron chi connectivity index (χ0n) is 14.5. The monoisotopic (exact) mass is 356 g/mol. The molecule has 2 aliphatic heterocycles. The number of amides is 2. The molecule has 1 N–H and O–H groups in total. The quantitative estimate of drug-likeness (QED) is 0.869. The van der Waals surface area contributed by atoms with Gasteiger partial charge in [-0.1, -0.05) is 0 Å². The first-order valence-corrected chi connectivity index (χ1v) is 8.54. The number of aromatic nitrogens is 3. The average molecular weight is 356 g/mol. The van der Waals surface area contributed by atoms with E-state index >= 15 is 0 Å². The minimum Gasteiger partial charge on any atom is -0.442 e. The molecule has 136 valence electrons. The topological polar surface area (TPSA) is 92.6 Å². The minimum atomic E-state index is -0.390. The summed E-state index contributed by atoms with van der Waals surface area (Å²) in [4.78, 5) is 31.2. The molecule has 1 saturated heterocycles. The van der Waals surface area contributed by atoms with E-state index in [9.17, 15) is 9.59 Å². The highest BCUT2D eigenvalue weighted by atomic mass is 16.6. The second-order valence-corrected chi connectivity index (χ2v) is 6.39. The maximum Gasteiger partial charge on any atom is 0.414 e. The molecule has 2 amide bonds. The van der Waals surface area contributed by atoms with Crippen molar-refractivity contribution < 1.29 is 14.3 Å². The highest BCUT2D eigenvalue weighted by Crippen LogP contribution is 2.26. The van der Waals surface area contributed by atoms with Crippen LogP contribution in [0.5, 0.6) is 0 Å². The Morgan fingerprint density at radius 1 is 1.27 bits per heavy atom. The van der Waals surface area contributed by atoms with Gasteiger partial charge in [0.2, 0.25) is 5.91 Å². The molecule has 0 aliphatic carbocycles. The number of carbonyl (C=O) groups excluding carboxylic acids is 2. The molecule has 1 aromatic carbocycles. The second kappa shape index (κ2) is 6.66. The Hall–Kier alpha value is -3.10. The zero-order valence-corrected chi connectivity index (χ0v) is 14.5. The SMILES string of the molecule is CC(=O)NCC1CN(c2ccc(N3CCn4ncnc4C3)cc2)C(=O)O1. The van der Waals surface area contributed by atoms with Gasteiger partial charge in [0.15, 0.2) is 0 Å². The molecule has 1 aromatic heterocycles. The first kappa shape index (κ1) is 16.4. The standard InChI is InChI=1S/C17H20N6O3/c1-12(24)18-8-15-9-22(17(25)26-15)14-4-2-13(3-5-14)21-6-7-23-16(10-21)19-11-20-23/h2-5,11,15H,6-10H2,1H3,(H,18,24). The van der Waals surface area contributed by atoms with Gasteiger partial charge in [-0.3, -0.25) is 9.69 Å². The Balaban J connectivity index is 1.42. The van der Waals surface area contributed by atoms with Crippen molar-refractivity contribution in [3.63, 3.8) is 0 Å². The lowest BCUT2D eigenvalue weighted by Gasteiger charge is -2.29. The van der Waals surface area contributed by atoms with Crippen LogP contribution in [-0.4, -0.2) is 52.5 Å². The fourth-order valence-corrected chi connectivity index (χ4v) is 3.22. The third kappa shape index (κ3) is 3.19. The Morgan fingerprint density at radius 2 is 2.04 bits per heavy atom. The molecular weight excluding hydrogens is 336 g/mol. The van der Waals surface area contributed by atoms with Crippen molar-refractivity contribution in [3.05, 3.63) is 36.4 Å². The van der Waals surface area contributed by atoms with Crippen molar-refractivity contribution in [2.45, 2.75) is 26.1 Å². The van der Waals surface area contributed by atoms with Crippen LogP contribution in [0.3, 0.4) is 0 Å². The smallest absolute Gasteiger partial charge is 0.414 e. The molecule has 1 atom stereocenters. The fourth-order valence-electron chi connectivity index (χ4n) is 3.22. The number of nitrogens with one attached hydrogen (secondary N) is 1. The van der Waals surface area contributed by atoms with Crippen molar-refractivity contribution in [1.29, 1.82) is 0 Å². The molecule has 26 heavy (non-hydrogen) atoms. The lowest BCUT2D eigenvalue weighted by atomic mass is 10.2. The van der Waals surface area contributed by atoms with Crippen molar-refractivity contribution in [2.75, 3.05) is 29.4 Å². The third-order valence-electron chi connectivity index (χ3n) is 4.59. The van der Waals surface area contributed by atoms with Crippen molar-refractivity contribution in [2.24, 2.45) is 0 Å². The van der Waals surface area contributed by atoms with Crippen LogP contribution in [-0.2, 0) is 22.6 Å². The van der Waals surface area contributed by atoms with Crippen LogP contribution in [0.15, 0.2) is 30.6 Å². The number of benzene rings is 1. The molecule has 0 spiro atoms. The minimum absolute atomic E-state index is 0.138. The summed E-state index contributed by atoms with van der Waals surface area (Å²) in [5.41, 5.74) is 1.86. The zero-order chi connectivity index (χ0) is 18.1. The second-order valence-electron chi connectivity index (χ2n) is 6.39. The highest BCUT2D eigenvalue weighted by Gasteiger charge is 2.32. The van der Waals surface area contributed by atoms with Crippen LogP contribution >= 0.6 is 0 Å². The summed E-state index contributed by atoms with van der Waals surface area (Å²) < 4.78 is 7.22. The fraction of sp³-hybridized carbons (Fsp3) is 0.412. The van der Waals surface area contributed by atoms with Gasteiger partial charge in [-0.15, -0.1) is 0 Å². The third-order valence-corrected chi connectivity index (χ3v) is 4.59. The van der Waals surface area contributed by atoms with Gasteiger partial charge in [0, 0.05) is 24.8 Å². The molecule has 9 heteroatoms. The molecule has 0 radical (unpaired) electrons. The molecule has 0 bridgehead atoms. The van der Waals surface area contributed by atoms with Crippen molar-refractivity contribution in [1.82, 2.24) is 20.1 Å². The number of carbonyl (C=O) groups is 2. The van der Waals surface area contributed by atoms with Gasteiger partial charge in [0.1, 0.15) is 18.3 Å². The van der Waals surface area contributed by atoms with E-state index in [2.05, 4.69) is 20.3 Å². The van der Waals surface area contributed by atoms with Gasteiger partial charge < -0.3 is 15.0 Å². The van der Waals surface area contributed by atoms with Crippen LogP contribution in [0.25, 0.3) is 0 Å². The normalized spacial score (nSPS) is 19.3. The lowest BCUT2D eigenvalue weighted by molar-refractivity contribution is -0.119. The summed E-state index contributed by atoms with van der Waals surface area (Å²) in [5.74, 6) is 0.811. The summed E-state index contributed by atoms with van der Waals surface area (Å²) in [7, 11) is 0. The Labute approximate surface area is 150 Å². The number of fused-ring (bicyclic) bond motifs is 1. The van der Waals surface area contributed by atoms with E-state index in [-0.39, 0.29) is 18.1 Å². The largest absolute Gasteiger partial charge is 0.442 e. The summed E-state index contributed by atoms with van der Waals surface area (Å²) >= 11 is 0. The van der Waals surface area contributed by atoms with Crippen molar-refractivity contribution >= 4 is 23.4 Å².